The zero-order chi connectivity index (χ0) is 18.5. The van der Waals surface area contributed by atoms with Crippen molar-refractivity contribution in [3.05, 3.63) is 76.6 Å². The third-order valence-corrected chi connectivity index (χ3v) is 3.59. The molecular formula is C18H14FN3O4. The molecule has 7 nitrogen and oxygen atoms in total. The van der Waals surface area contributed by atoms with Crippen molar-refractivity contribution in [2.75, 3.05) is 5.32 Å². The Morgan fingerprint density at radius 2 is 2.00 bits per heavy atom. The van der Waals surface area contributed by atoms with Crippen molar-refractivity contribution in [3.63, 3.8) is 0 Å². The van der Waals surface area contributed by atoms with Crippen molar-refractivity contribution >= 4 is 17.3 Å². The number of carbonyl (C=O) groups is 1. The van der Waals surface area contributed by atoms with Gasteiger partial charge in [-0.05, 0) is 30.3 Å². The number of amides is 1. The number of nitrogens with zero attached hydrogens (tertiary/aromatic N) is 2. The topological polar surface area (TPSA) is 98.3 Å². The van der Waals surface area contributed by atoms with Crippen molar-refractivity contribution in [1.82, 2.24) is 4.98 Å². The van der Waals surface area contributed by atoms with Crippen LogP contribution in [0.2, 0.25) is 0 Å². The van der Waals surface area contributed by atoms with Crippen LogP contribution in [0.4, 0.5) is 15.8 Å². The summed E-state index contributed by atoms with van der Waals surface area (Å²) in [5.41, 5.74) is 0.939. The van der Waals surface area contributed by atoms with E-state index in [2.05, 4.69) is 10.3 Å². The van der Waals surface area contributed by atoms with Gasteiger partial charge in [0.2, 0.25) is 5.91 Å². The number of rotatable bonds is 6. The fraction of sp³-hybridized carbons (Fsp3) is 0.111. The number of nitro benzene ring substituents is 1. The highest BCUT2D eigenvalue weighted by atomic mass is 19.1. The lowest BCUT2D eigenvalue weighted by Gasteiger charge is -2.04. The van der Waals surface area contributed by atoms with E-state index in [0.29, 0.717) is 22.9 Å². The van der Waals surface area contributed by atoms with E-state index in [1.165, 1.54) is 36.5 Å². The zero-order valence-electron chi connectivity index (χ0n) is 13.5. The Morgan fingerprint density at radius 1 is 1.23 bits per heavy atom. The molecule has 132 valence electrons. The Labute approximate surface area is 147 Å². The van der Waals surface area contributed by atoms with E-state index in [9.17, 15) is 19.3 Å². The molecule has 0 bridgehead atoms. The van der Waals surface area contributed by atoms with E-state index in [1.54, 1.807) is 18.2 Å². The van der Waals surface area contributed by atoms with Crippen LogP contribution in [-0.2, 0) is 11.2 Å². The summed E-state index contributed by atoms with van der Waals surface area (Å²) in [4.78, 5) is 26.3. The molecule has 0 spiro atoms. The molecule has 3 aromatic rings. The summed E-state index contributed by atoms with van der Waals surface area (Å²) in [5, 5.41) is 13.3. The molecule has 2 aromatic carbocycles. The van der Waals surface area contributed by atoms with Gasteiger partial charge in [0.05, 0.1) is 11.1 Å². The number of nitrogens with one attached hydrogen (secondary N) is 1. The summed E-state index contributed by atoms with van der Waals surface area (Å²) in [6.07, 6.45) is 1.88. The van der Waals surface area contributed by atoms with Gasteiger partial charge in [0, 0.05) is 36.2 Å². The van der Waals surface area contributed by atoms with E-state index in [0.717, 1.165) is 0 Å². The Kier molecular flexibility index (Phi) is 5.02. The minimum atomic E-state index is -0.528. The average Bonchev–Trinajstić information content (AvgIpc) is 3.10. The van der Waals surface area contributed by atoms with Gasteiger partial charge >= 0.3 is 0 Å². The van der Waals surface area contributed by atoms with Gasteiger partial charge in [0.15, 0.2) is 11.7 Å². The highest BCUT2D eigenvalue weighted by molar-refractivity contribution is 5.91. The van der Waals surface area contributed by atoms with Crippen LogP contribution in [0.5, 0.6) is 0 Å². The van der Waals surface area contributed by atoms with E-state index in [4.69, 9.17) is 4.42 Å². The summed E-state index contributed by atoms with van der Waals surface area (Å²) in [5.74, 6) is 0.205. The first-order chi connectivity index (χ1) is 12.5. The average molecular weight is 355 g/mol. The molecule has 1 aromatic heterocycles. The summed E-state index contributed by atoms with van der Waals surface area (Å²) in [6.45, 7) is 0. The molecule has 0 aliphatic carbocycles. The Balaban J connectivity index is 1.57. The molecule has 26 heavy (non-hydrogen) atoms. The van der Waals surface area contributed by atoms with Gasteiger partial charge in [-0.15, -0.1) is 0 Å². The number of aromatic nitrogens is 1. The molecule has 0 atom stereocenters. The van der Waals surface area contributed by atoms with Gasteiger partial charge in [-0.2, -0.15) is 0 Å². The number of aryl methyl sites for hydroxylation is 1. The van der Waals surface area contributed by atoms with E-state index >= 15 is 0 Å². The van der Waals surface area contributed by atoms with Gasteiger partial charge in [0.25, 0.3) is 5.69 Å². The quantitative estimate of drug-likeness (QED) is 0.533. The fourth-order valence-electron chi connectivity index (χ4n) is 2.31. The van der Waals surface area contributed by atoms with Gasteiger partial charge in [-0.1, -0.05) is 6.07 Å². The summed E-state index contributed by atoms with van der Waals surface area (Å²) >= 11 is 0. The number of nitro groups is 1. The minimum Gasteiger partial charge on any atom is -0.441 e. The largest absolute Gasteiger partial charge is 0.441 e. The van der Waals surface area contributed by atoms with E-state index < -0.39 is 4.92 Å². The lowest BCUT2D eigenvalue weighted by Crippen LogP contribution is -2.12. The number of halogens is 1. The molecule has 3 rings (SSSR count). The predicted molar refractivity (Wildman–Crippen MR) is 91.9 cm³/mol. The molecule has 8 heteroatoms. The number of hydrogen-bond donors (Lipinski definition) is 1. The van der Waals surface area contributed by atoms with Gasteiger partial charge in [-0.25, -0.2) is 9.37 Å². The van der Waals surface area contributed by atoms with Crippen molar-refractivity contribution in [1.29, 1.82) is 0 Å². The van der Waals surface area contributed by atoms with Gasteiger partial charge in [0.1, 0.15) is 5.82 Å². The van der Waals surface area contributed by atoms with Crippen molar-refractivity contribution in [3.8, 4) is 11.3 Å². The normalized spacial score (nSPS) is 10.5. The number of carbonyl (C=O) groups excluding carboxylic acids is 1. The molecule has 0 fully saturated rings. The third-order valence-electron chi connectivity index (χ3n) is 3.59. The van der Waals surface area contributed by atoms with Crippen LogP contribution in [0.3, 0.4) is 0 Å². The highest BCUT2D eigenvalue weighted by Gasteiger charge is 2.11. The van der Waals surface area contributed by atoms with Gasteiger partial charge < -0.3 is 9.73 Å². The lowest BCUT2D eigenvalue weighted by atomic mass is 10.2. The fourth-order valence-corrected chi connectivity index (χ4v) is 2.31. The number of hydrogen-bond acceptors (Lipinski definition) is 5. The van der Waals surface area contributed by atoms with Crippen LogP contribution in [-0.4, -0.2) is 15.8 Å². The number of non-ortho nitro benzene ring substituents is 1. The summed E-state index contributed by atoms with van der Waals surface area (Å²) < 4.78 is 18.5. The molecule has 0 unspecified atom stereocenters. The lowest BCUT2D eigenvalue weighted by molar-refractivity contribution is -0.384. The first kappa shape index (κ1) is 17.3. The second-order valence-corrected chi connectivity index (χ2v) is 5.48. The predicted octanol–water partition coefficient (Wildman–Crippen LogP) is 3.96. The maximum Gasteiger partial charge on any atom is 0.271 e. The molecule has 0 saturated heterocycles. The van der Waals surface area contributed by atoms with Crippen LogP contribution in [0.25, 0.3) is 11.3 Å². The first-order valence-corrected chi connectivity index (χ1v) is 7.76. The van der Waals surface area contributed by atoms with Crippen LogP contribution in [0.15, 0.2) is 59.1 Å². The maximum atomic E-state index is 12.9. The van der Waals surface area contributed by atoms with Crippen LogP contribution in [0.1, 0.15) is 12.3 Å². The van der Waals surface area contributed by atoms with E-state index in [1.807, 2.05) is 0 Å². The Bertz CT molecular complexity index is 938. The second-order valence-electron chi connectivity index (χ2n) is 5.48. The van der Waals surface area contributed by atoms with Crippen molar-refractivity contribution in [2.24, 2.45) is 0 Å². The van der Waals surface area contributed by atoms with Crippen LogP contribution < -0.4 is 5.32 Å². The first-order valence-electron chi connectivity index (χ1n) is 7.76. The summed E-state index contributed by atoms with van der Waals surface area (Å²) in [7, 11) is 0. The Morgan fingerprint density at radius 3 is 2.73 bits per heavy atom. The Hall–Kier alpha value is -3.55. The van der Waals surface area contributed by atoms with Crippen molar-refractivity contribution in [2.45, 2.75) is 12.8 Å². The highest BCUT2D eigenvalue weighted by Crippen LogP contribution is 2.21. The molecule has 1 N–H and O–H groups in total. The second kappa shape index (κ2) is 7.56. The monoisotopic (exact) mass is 355 g/mol. The molecule has 1 heterocycles. The zero-order valence-corrected chi connectivity index (χ0v) is 13.5. The molecular weight excluding hydrogens is 341 g/mol. The molecule has 0 saturated carbocycles. The van der Waals surface area contributed by atoms with Crippen molar-refractivity contribution < 1.29 is 18.5 Å². The van der Waals surface area contributed by atoms with Crippen LogP contribution in [0, 0.1) is 15.9 Å². The minimum absolute atomic E-state index is 0.0977. The molecule has 0 radical (unpaired) electrons. The van der Waals surface area contributed by atoms with Gasteiger partial charge in [-0.3, -0.25) is 14.9 Å². The molecule has 1 amide bonds. The third kappa shape index (κ3) is 4.29. The number of oxazole rings is 1. The standard InChI is InChI=1S/C18H14FN3O4/c19-13-6-4-12(5-7-13)16-11-20-18(26-16)9-8-17(23)21-14-2-1-3-15(10-14)22(24)25/h1-7,10-11H,8-9H2,(H,21,23). The smallest absolute Gasteiger partial charge is 0.271 e. The number of benzene rings is 2. The molecule has 0 aliphatic rings. The SMILES string of the molecule is O=C(CCc1ncc(-c2ccc(F)cc2)o1)Nc1cccc([N+](=O)[O-])c1. The summed E-state index contributed by atoms with van der Waals surface area (Å²) in [6, 6.07) is 11.5. The van der Waals surface area contributed by atoms with Crippen LogP contribution >= 0.6 is 0 Å². The maximum absolute atomic E-state index is 12.9. The molecule has 0 aliphatic heterocycles. The number of anilines is 1. The van der Waals surface area contributed by atoms with E-state index in [-0.39, 0.29) is 30.3 Å².